The van der Waals surface area contributed by atoms with Gasteiger partial charge in [0.1, 0.15) is 11.6 Å². The van der Waals surface area contributed by atoms with Gasteiger partial charge >= 0.3 is 0 Å². The SMILES string of the molecule is Cc1ccc(NC(=O)COc2ccccc2/C=C2\SC(=O)N(Cc3ccc(F)cc3)C2=O)cc1C. The molecule has 0 saturated carbocycles. The molecule has 0 bridgehead atoms. The standard InChI is InChI=1S/C27H23FN2O4S/c1-17-7-12-22(13-18(17)2)29-25(31)16-34-23-6-4-3-5-20(23)14-24-26(32)30(27(33)35-24)15-19-8-10-21(28)11-9-19/h3-14H,15-16H2,1-2H3,(H,29,31)/b24-14-. The normalized spacial score (nSPS) is 14.5. The summed E-state index contributed by atoms with van der Waals surface area (Å²) in [5.41, 5.74) is 4.11. The van der Waals surface area contributed by atoms with Gasteiger partial charge < -0.3 is 10.1 Å². The number of hydrogen-bond donors (Lipinski definition) is 1. The highest BCUT2D eigenvalue weighted by Crippen LogP contribution is 2.35. The first kappa shape index (κ1) is 24.2. The molecule has 1 heterocycles. The van der Waals surface area contributed by atoms with Crippen molar-refractivity contribution >= 4 is 40.6 Å². The highest BCUT2D eigenvalue weighted by Gasteiger charge is 2.35. The lowest BCUT2D eigenvalue weighted by Crippen LogP contribution is -2.27. The fourth-order valence-corrected chi connectivity index (χ4v) is 4.27. The van der Waals surface area contributed by atoms with Crippen molar-refractivity contribution in [2.75, 3.05) is 11.9 Å². The molecule has 0 radical (unpaired) electrons. The van der Waals surface area contributed by atoms with Gasteiger partial charge in [-0.05, 0) is 78.7 Å². The summed E-state index contributed by atoms with van der Waals surface area (Å²) >= 11 is 0.826. The average Bonchev–Trinajstić information content (AvgIpc) is 3.09. The quantitative estimate of drug-likeness (QED) is 0.430. The second-order valence-corrected chi connectivity index (χ2v) is 9.06. The number of aryl methyl sites for hydroxylation is 2. The van der Waals surface area contributed by atoms with Crippen LogP contribution in [0.25, 0.3) is 6.08 Å². The lowest BCUT2D eigenvalue weighted by atomic mass is 10.1. The summed E-state index contributed by atoms with van der Waals surface area (Å²) in [7, 11) is 0. The van der Waals surface area contributed by atoms with Gasteiger partial charge in [-0.25, -0.2) is 4.39 Å². The molecule has 3 aromatic carbocycles. The van der Waals surface area contributed by atoms with Crippen LogP contribution in [0.5, 0.6) is 5.75 Å². The van der Waals surface area contributed by atoms with Crippen LogP contribution in [0.4, 0.5) is 14.9 Å². The molecule has 0 aromatic heterocycles. The minimum atomic E-state index is -0.438. The van der Waals surface area contributed by atoms with Crippen LogP contribution in [0.3, 0.4) is 0 Å². The number of thioether (sulfide) groups is 1. The molecule has 1 saturated heterocycles. The number of carbonyl (C=O) groups excluding carboxylic acids is 3. The van der Waals surface area contributed by atoms with E-state index in [2.05, 4.69) is 5.32 Å². The molecule has 1 aliphatic rings. The molecular formula is C27H23FN2O4S. The van der Waals surface area contributed by atoms with Gasteiger partial charge in [0.2, 0.25) is 0 Å². The summed E-state index contributed by atoms with van der Waals surface area (Å²) in [6.07, 6.45) is 1.58. The number of benzene rings is 3. The number of nitrogens with zero attached hydrogens (tertiary/aromatic N) is 1. The maximum absolute atomic E-state index is 13.2. The highest BCUT2D eigenvalue weighted by molar-refractivity contribution is 8.18. The highest BCUT2D eigenvalue weighted by atomic mass is 32.2. The zero-order valence-electron chi connectivity index (χ0n) is 19.2. The summed E-state index contributed by atoms with van der Waals surface area (Å²) in [5.74, 6) is -0.732. The van der Waals surface area contributed by atoms with Crippen LogP contribution in [0.15, 0.2) is 71.6 Å². The molecular weight excluding hydrogens is 467 g/mol. The molecule has 178 valence electrons. The third kappa shape index (κ3) is 5.96. The second kappa shape index (κ2) is 10.6. The Hall–Kier alpha value is -3.91. The van der Waals surface area contributed by atoms with Gasteiger partial charge in [0, 0.05) is 11.3 Å². The zero-order valence-corrected chi connectivity index (χ0v) is 20.0. The number of rotatable bonds is 7. The van der Waals surface area contributed by atoms with E-state index in [0.29, 0.717) is 22.6 Å². The molecule has 35 heavy (non-hydrogen) atoms. The van der Waals surface area contributed by atoms with E-state index < -0.39 is 11.1 Å². The predicted molar refractivity (Wildman–Crippen MR) is 134 cm³/mol. The number of imide groups is 1. The maximum atomic E-state index is 13.2. The molecule has 1 N–H and O–H groups in total. The Bertz CT molecular complexity index is 1320. The molecule has 3 amide bonds. The van der Waals surface area contributed by atoms with Gasteiger partial charge in [-0.3, -0.25) is 19.3 Å². The van der Waals surface area contributed by atoms with Crippen LogP contribution in [0.2, 0.25) is 0 Å². The Balaban J connectivity index is 1.43. The van der Waals surface area contributed by atoms with Crippen LogP contribution >= 0.6 is 11.8 Å². The van der Waals surface area contributed by atoms with Crippen LogP contribution in [0.1, 0.15) is 22.3 Å². The molecule has 0 atom stereocenters. The Morgan fingerprint density at radius 3 is 2.51 bits per heavy atom. The molecule has 1 fully saturated rings. The Kier molecular flexibility index (Phi) is 7.31. The van der Waals surface area contributed by atoms with E-state index in [0.717, 1.165) is 27.8 Å². The summed E-state index contributed by atoms with van der Waals surface area (Å²) in [5, 5.41) is 2.40. The Morgan fingerprint density at radius 1 is 1.03 bits per heavy atom. The first-order valence-corrected chi connectivity index (χ1v) is 11.7. The number of amides is 3. The summed E-state index contributed by atoms with van der Waals surface area (Å²) in [4.78, 5) is 39.0. The fourth-order valence-electron chi connectivity index (χ4n) is 3.44. The third-order valence-electron chi connectivity index (χ3n) is 5.48. The zero-order chi connectivity index (χ0) is 24.9. The predicted octanol–water partition coefficient (Wildman–Crippen LogP) is 5.70. The van der Waals surface area contributed by atoms with E-state index in [4.69, 9.17) is 4.74 Å². The second-order valence-electron chi connectivity index (χ2n) is 8.07. The van der Waals surface area contributed by atoms with Gasteiger partial charge in [0.05, 0.1) is 11.4 Å². The van der Waals surface area contributed by atoms with Gasteiger partial charge in [-0.15, -0.1) is 0 Å². The molecule has 4 rings (SSSR count). The lowest BCUT2D eigenvalue weighted by molar-refractivity contribution is -0.123. The summed E-state index contributed by atoms with van der Waals surface area (Å²) in [6.45, 7) is 3.81. The first-order valence-electron chi connectivity index (χ1n) is 10.9. The molecule has 1 aliphatic heterocycles. The minimum Gasteiger partial charge on any atom is -0.483 e. The van der Waals surface area contributed by atoms with Crippen molar-refractivity contribution < 1.29 is 23.5 Å². The van der Waals surface area contributed by atoms with Gasteiger partial charge in [0.15, 0.2) is 6.61 Å². The van der Waals surface area contributed by atoms with E-state index in [-0.39, 0.29) is 29.8 Å². The van der Waals surface area contributed by atoms with E-state index in [1.54, 1.807) is 30.3 Å². The molecule has 6 nitrogen and oxygen atoms in total. The van der Waals surface area contributed by atoms with Gasteiger partial charge in [-0.2, -0.15) is 0 Å². The van der Waals surface area contributed by atoms with E-state index >= 15 is 0 Å². The van der Waals surface area contributed by atoms with Crippen molar-refractivity contribution in [2.45, 2.75) is 20.4 Å². The van der Waals surface area contributed by atoms with Crippen molar-refractivity contribution in [3.8, 4) is 5.75 Å². The van der Waals surface area contributed by atoms with Gasteiger partial charge in [-0.1, -0.05) is 36.4 Å². The number of para-hydroxylation sites is 1. The van der Waals surface area contributed by atoms with Crippen LogP contribution < -0.4 is 10.1 Å². The summed E-state index contributed by atoms with van der Waals surface area (Å²) < 4.78 is 18.9. The smallest absolute Gasteiger partial charge is 0.293 e. The van der Waals surface area contributed by atoms with Crippen molar-refractivity contribution in [3.63, 3.8) is 0 Å². The Labute approximate surface area is 206 Å². The first-order chi connectivity index (χ1) is 16.8. The number of nitrogens with one attached hydrogen (secondary N) is 1. The molecule has 8 heteroatoms. The minimum absolute atomic E-state index is 0.0547. The Morgan fingerprint density at radius 2 is 1.77 bits per heavy atom. The average molecular weight is 491 g/mol. The van der Waals surface area contributed by atoms with E-state index in [1.165, 1.54) is 24.3 Å². The van der Waals surface area contributed by atoms with Crippen LogP contribution in [-0.2, 0) is 16.1 Å². The molecule has 3 aromatic rings. The molecule has 0 spiro atoms. The topological polar surface area (TPSA) is 75.7 Å². The number of anilines is 1. The third-order valence-corrected chi connectivity index (χ3v) is 6.39. The van der Waals surface area contributed by atoms with Crippen molar-refractivity contribution in [1.82, 2.24) is 4.90 Å². The maximum Gasteiger partial charge on any atom is 0.293 e. The molecule has 0 unspecified atom stereocenters. The number of carbonyl (C=O) groups is 3. The van der Waals surface area contributed by atoms with Crippen molar-refractivity contribution in [2.24, 2.45) is 0 Å². The monoisotopic (exact) mass is 490 g/mol. The number of hydrogen-bond acceptors (Lipinski definition) is 5. The van der Waals surface area contributed by atoms with Crippen LogP contribution in [-0.4, -0.2) is 28.6 Å². The summed E-state index contributed by atoms with van der Waals surface area (Å²) in [6, 6.07) is 18.3. The lowest BCUT2D eigenvalue weighted by Gasteiger charge is -2.12. The number of ether oxygens (including phenoxy) is 1. The largest absolute Gasteiger partial charge is 0.483 e. The molecule has 0 aliphatic carbocycles. The van der Waals surface area contributed by atoms with Gasteiger partial charge in [0.25, 0.3) is 17.1 Å². The van der Waals surface area contributed by atoms with Crippen LogP contribution in [0, 0.1) is 19.7 Å². The van der Waals surface area contributed by atoms with Crippen molar-refractivity contribution in [3.05, 3.63) is 99.7 Å². The van der Waals surface area contributed by atoms with E-state index in [9.17, 15) is 18.8 Å². The number of halogens is 1. The van der Waals surface area contributed by atoms with E-state index in [1.807, 2.05) is 32.0 Å². The fraction of sp³-hybridized carbons (Fsp3) is 0.148. The van der Waals surface area contributed by atoms with Crippen molar-refractivity contribution in [1.29, 1.82) is 0 Å².